The molecule has 1 aliphatic rings. The number of amides is 2. The molecule has 2 amide bonds. The number of nitrogens with zero attached hydrogens (tertiary/aromatic N) is 3. The van der Waals surface area contributed by atoms with Gasteiger partial charge in [0.25, 0.3) is 5.91 Å². The maximum atomic E-state index is 12.5. The summed E-state index contributed by atoms with van der Waals surface area (Å²) < 4.78 is 5.64. The fourth-order valence-corrected chi connectivity index (χ4v) is 3.80. The topological polar surface area (TPSA) is 88.3 Å². The predicted octanol–water partition coefficient (Wildman–Crippen LogP) is 4.13. The molecule has 1 atom stereocenters. The van der Waals surface area contributed by atoms with E-state index in [1.807, 2.05) is 42.7 Å². The Kier molecular flexibility index (Phi) is 5.85. The Labute approximate surface area is 178 Å². The molecule has 1 saturated heterocycles. The van der Waals surface area contributed by atoms with Gasteiger partial charge in [-0.15, -0.1) is 16.9 Å². The molecular weight excluding hydrogens is 400 g/mol. The Morgan fingerprint density at radius 2 is 1.90 bits per heavy atom. The molecule has 2 heterocycles. The van der Waals surface area contributed by atoms with Crippen LogP contribution < -0.4 is 10.2 Å². The Morgan fingerprint density at radius 3 is 2.57 bits per heavy atom. The highest BCUT2D eigenvalue weighted by molar-refractivity contribution is 7.98. The molecule has 1 aromatic heterocycles. The van der Waals surface area contributed by atoms with Crippen molar-refractivity contribution in [2.24, 2.45) is 0 Å². The second-order valence-electron chi connectivity index (χ2n) is 7.05. The molecule has 2 aromatic carbocycles. The Bertz CT molecular complexity index is 1050. The number of benzene rings is 2. The SMILES string of the molecule is CCc1ccc(C(=O)Nc2nnc(C3CC(=O)N(c4ccc(SC)cc4)C3)o2)cc1. The van der Waals surface area contributed by atoms with Crippen molar-refractivity contribution in [2.75, 3.05) is 23.0 Å². The smallest absolute Gasteiger partial charge is 0.322 e. The molecule has 7 nitrogen and oxygen atoms in total. The Hall–Kier alpha value is -3.13. The highest BCUT2D eigenvalue weighted by atomic mass is 32.2. The average Bonchev–Trinajstić information content (AvgIpc) is 3.40. The van der Waals surface area contributed by atoms with Gasteiger partial charge in [-0.1, -0.05) is 24.2 Å². The van der Waals surface area contributed by atoms with Crippen LogP contribution in [-0.2, 0) is 11.2 Å². The monoisotopic (exact) mass is 422 g/mol. The molecule has 30 heavy (non-hydrogen) atoms. The standard InChI is InChI=1S/C22H22N4O3S/c1-3-14-4-6-15(7-5-14)20(28)23-22-25-24-21(29-22)16-12-19(27)26(13-16)17-8-10-18(30-2)11-9-17/h4-11,16H,3,12-13H2,1-2H3,(H,23,25,28). The zero-order valence-corrected chi connectivity index (χ0v) is 17.6. The molecule has 1 aliphatic heterocycles. The number of anilines is 2. The second kappa shape index (κ2) is 8.71. The average molecular weight is 423 g/mol. The minimum Gasteiger partial charge on any atom is -0.407 e. The molecule has 0 bridgehead atoms. The third kappa shape index (κ3) is 4.23. The van der Waals surface area contributed by atoms with Crippen molar-refractivity contribution in [2.45, 2.75) is 30.6 Å². The lowest BCUT2D eigenvalue weighted by molar-refractivity contribution is -0.117. The van der Waals surface area contributed by atoms with Gasteiger partial charge in [-0.2, -0.15) is 0 Å². The van der Waals surface area contributed by atoms with Gasteiger partial charge in [-0.25, -0.2) is 0 Å². The zero-order valence-electron chi connectivity index (χ0n) is 16.8. The molecule has 154 valence electrons. The molecule has 8 heteroatoms. The molecule has 3 aromatic rings. The van der Waals surface area contributed by atoms with Crippen molar-refractivity contribution in [1.29, 1.82) is 0 Å². The van der Waals surface area contributed by atoms with E-state index in [-0.39, 0.29) is 23.7 Å². The van der Waals surface area contributed by atoms with Gasteiger partial charge in [-0.05, 0) is 54.6 Å². The van der Waals surface area contributed by atoms with Crippen LogP contribution in [0.1, 0.15) is 41.1 Å². The maximum absolute atomic E-state index is 12.5. The van der Waals surface area contributed by atoms with Gasteiger partial charge < -0.3 is 9.32 Å². The maximum Gasteiger partial charge on any atom is 0.322 e. The van der Waals surface area contributed by atoms with Gasteiger partial charge in [0, 0.05) is 29.1 Å². The number of aryl methyl sites for hydroxylation is 1. The van der Waals surface area contributed by atoms with Crippen LogP contribution in [0.4, 0.5) is 11.7 Å². The summed E-state index contributed by atoms with van der Waals surface area (Å²) >= 11 is 1.65. The van der Waals surface area contributed by atoms with Crippen molar-refractivity contribution in [3.63, 3.8) is 0 Å². The van der Waals surface area contributed by atoms with Gasteiger partial charge in [0.2, 0.25) is 11.8 Å². The zero-order chi connectivity index (χ0) is 21.1. The van der Waals surface area contributed by atoms with Crippen LogP contribution in [0, 0.1) is 0 Å². The first-order chi connectivity index (χ1) is 14.6. The number of thioether (sulfide) groups is 1. The van der Waals surface area contributed by atoms with E-state index in [9.17, 15) is 9.59 Å². The lowest BCUT2D eigenvalue weighted by Crippen LogP contribution is -2.24. The number of aromatic nitrogens is 2. The summed E-state index contributed by atoms with van der Waals surface area (Å²) in [5, 5.41) is 10.6. The normalized spacial score (nSPS) is 16.1. The molecule has 1 fully saturated rings. The summed E-state index contributed by atoms with van der Waals surface area (Å²) in [6.45, 7) is 2.52. The first kappa shape index (κ1) is 20.2. The van der Waals surface area contributed by atoms with Crippen LogP contribution in [-0.4, -0.2) is 34.8 Å². The number of carbonyl (C=O) groups excluding carboxylic acids is 2. The summed E-state index contributed by atoms with van der Waals surface area (Å²) in [5.41, 5.74) is 2.52. The van der Waals surface area contributed by atoms with E-state index in [1.54, 1.807) is 28.8 Å². The van der Waals surface area contributed by atoms with E-state index in [0.717, 1.165) is 22.6 Å². The number of rotatable bonds is 6. The fraction of sp³-hybridized carbons (Fsp3) is 0.273. The van der Waals surface area contributed by atoms with Gasteiger partial charge in [0.05, 0.1) is 5.92 Å². The molecule has 0 saturated carbocycles. The van der Waals surface area contributed by atoms with Crippen molar-refractivity contribution in [1.82, 2.24) is 10.2 Å². The first-order valence-corrected chi connectivity index (χ1v) is 11.0. The van der Waals surface area contributed by atoms with Crippen LogP contribution in [0.25, 0.3) is 0 Å². The third-order valence-electron chi connectivity index (χ3n) is 5.14. The lowest BCUT2D eigenvalue weighted by atomic mass is 10.1. The highest BCUT2D eigenvalue weighted by Gasteiger charge is 2.35. The minimum atomic E-state index is -0.314. The number of nitrogens with one attached hydrogen (secondary N) is 1. The van der Waals surface area contributed by atoms with Crippen LogP contribution >= 0.6 is 11.8 Å². The van der Waals surface area contributed by atoms with E-state index in [4.69, 9.17) is 4.42 Å². The largest absolute Gasteiger partial charge is 0.407 e. The van der Waals surface area contributed by atoms with E-state index in [0.29, 0.717) is 24.4 Å². The first-order valence-electron chi connectivity index (χ1n) is 9.75. The summed E-state index contributed by atoms with van der Waals surface area (Å²) in [6, 6.07) is 15.3. The summed E-state index contributed by atoms with van der Waals surface area (Å²) in [7, 11) is 0. The molecule has 0 radical (unpaired) electrons. The Balaban J connectivity index is 1.42. The van der Waals surface area contributed by atoms with Crippen molar-refractivity contribution in [3.8, 4) is 0 Å². The summed E-state index contributed by atoms with van der Waals surface area (Å²) in [6.07, 6.45) is 3.21. The molecule has 1 N–H and O–H groups in total. The third-order valence-corrected chi connectivity index (χ3v) is 5.89. The van der Waals surface area contributed by atoms with Crippen molar-refractivity contribution >= 4 is 35.3 Å². The van der Waals surface area contributed by atoms with Crippen molar-refractivity contribution < 1.29 is 14.0 Å². The molecular formula is C22H22N4O3S. The van der Waals surface area contributed by atoms with E-state index in [2.05, 4.69) is 22.4 Å². The van der Waals surface area contributed by atoms with Crippen molar-refractivity contribution in [3.05, 3.63) is 65.5 Å². The van der Waals surface area contributed by atoms with Gasteiger partial charge in [0.15, 0.2) is 0 Å². The number of carbonyl (C=O) groups is 2. The van der Waals surface area contributed by atoms with Crippen LogP contribution in [0.5, 0.6) is 0 Å². The summed E-state index contributed by atoms with van der Waals surface area (Å²) in [5.74, 6) is -0.162. The summed E-state index contributed by atoms with van der Waals surface area (Å²) in [4.78, 5) is 27.7. The van der Waals surface area contributed by atoms with Gasteiger partial charge >= 0.3 is 6.01 Å². The van der Waals surface area contributed by atoms with Crippen LogP contribution in [0.3, 0.4) is 0 Å². The van der Waals surface area contributed by atoms with E-state index in [1.165, 1.54) is 0 Å². The Morgan fingerprint density at radius 1 is 1.17 bits per heavy atom. The molecule has 4 rings (SSSR count). The minimum absolute atomic E-state index is 0.0108. The quantitative estimate of drug-likeness (QED) is 0.601. The number of hydrogen-bond acceptors (Lipinski definition) is 6. The predicted molar refractivity (Wildman–Crippen MR) is 116 cm³/mol. The van der Waals surface area contributed by atoms with Gasteiger partial charge in [-0.3, -0.25) is 14.9 Å². The molecule has 1 unspecified atom stereocenters. The fourth-order valence-electron chi connectivity index (χ4n) is 3.40. The number of hydrogen-bond donors (Lipinski definition) is 1. The molecule has 0 aliphatic carbocycles. The second-order valence-corrected chi connectivity index (χ2v) is 7.93. The lowest BCUT2D eigenvalue weighted by Gasteiger charge is -2.16. The van der Waals surface area contributed by atoms with Crippen LogP contribution in [0.15, 0.2) is 57.8 Å². The molecule has 0 spiro atoms. The highest BCUT2D eigenvalue weighted by Crippen LogP contribution is 2.32. The van der Waals surface area contributed by atoms with Crippen LogP contribution in [0.2, 0.25) is 0 Å². The van der Waals surface area contributed by atoms with E-state index < -0.39 is 0 Å². The van der Waals surface area contributed by atoms with Gasteiger partial charge in [0.1, 0.15) is 0 Å². The van der Waals surface area contributed by atoms with E-state index >= 15 is 0 Å².